The third kappa shape index (κ3) is 2.73. The number of nitrogens with zero attached hydrogens (tertiary/aromatic N) is 1. The van der Waals surface area contributed by atoms with Crippen molar-refractivity contribution in [2.75, 3.05) is 5.32 Å². The molecule has 0 saturated carbocycles. The van der Waals surface area contributed by atoms with E-state index in [0.717, 1.165) is 22.3 Å². The Kier molecular flexibility index (Phi) is 3.59. The minimum Gasteiger partial charge on any atom is -0.355 e. The molecular weight excluding hydrogens is 284 g/mol. The molecule has 3 nitrogen and oxygen atoms in total. The number of fused-ring (bicyclic) bond motifs is 1. The highest BCUT2D eigenvalue weighted by atomic mass is 35.5. The van der Waals surface area contributed by atoms with Gasteiger partial charge in [-0.05, 0) is 31.2 Å². The SMILES string of the molecule is CC(=O)c1cccc(Nc2ccnc3c(Cl)cccc23)c1. The monoisotopic (exact) mass is 296 g/mol. The Balaban J connectivity index is 2.04. The minimum atomic E-state index is 0.0429. The van der Waals surface area contributed by atoms with Crippen molar-refractivity contribution < 1.29 is 4.79 Å². The van der Waals surface area contributed by atoms with Crippen LogP contribution in [0.1, 0.15) is 17.3 Å². The lowest BCUT2D eigenvalue weighted by molar-refractivity contribution is 0.101. The third-order valence-corrected chi connectivity index (χ3v) is 3.57. The molecule has 0 fully saturated rings. The molecule has 0 amide bonds. The first-order chi connectivity index (χ1) is 10.1. The van der Waals surface area contributed by atoms with Crippen LogP contribution >= 0.6 is 11.6 Å². The Bertz CT molecular complexity index is 830. The molecule has 1 heterocycles. The van der Waals surface area contributed by atoms with Crippen LogP contribution in [0.3, 0.4) is 0 Å². The Morgan fingerprint density at radius 3 is 2.76 bits per heavy atom. The summed E-state index contributed by atoms with van der Waals surface area (Å²) in [6.07, 6.45) is 1.71. The zero-order chi connectivity index (χ0) is 14.8. The van der Waals surface area contributed by atoms with Gasteiger partial charge in [0.2, 0.25) is 0 Å². The number of anilines is 2. The molecule has 21 heavy (non-hydrogen) atoms. The number of para-hydroxylation sites is 1. The van der Waals surface area contributed by atoms with Crippen LogP contribution < -0.4 is 5.32 Å². The average Bonchev–Trinajstić information content (AvgIpc) is 2.49. The maximum absolute atomic E-state index is 11.5. The van der Waals surface area contributed by atoms with Crippen molar-refractivity contribution in [1.29, 1.82) is 0 Å². The Morgan fingerprint density at radius 2 is 1.95 bits per heavy atom. The van der Waals surface area contributed by atoms with Crippen molar-refractivity contribution in [2.45, 2.75) is 6.92 Å². The zero-order valence-corrected chi connectivity index (χ0v) is 12.2. The number of benzene rings is 2. The highest BCUT2D eigenvalue weighted by molar-refractivity contribution is 6.35. The molecule has 3 rings (SSSR count). The molecular formula is C17H13ClN2O. The van der Waals surface area contributed by atoms with Crippen molar-refractivity contribution in [3.8, 4) is 0 Å². The fourth-order valence-electron chi connectivity index (χ4n) is 2.22. The molecule has 0 aliphatic carbocycles. The van der Waals surface area contributed by atoms with Crippen molar-refractivity contribution >= 4 is 39.7 Å². The third-order valence-electron chi connectivity index (χ3n) is 3.27. The fourth-order valence-corrected chi connectivity index (χ4v) is 2.44. The van der Waals surface area contributed by atoms with Gasteiger partial charge in [0.25, 0.3) is 0 Å². The van der Waals surface area contributed by atoms with Crippen LogP contribution in [-0.4, -0.2) is 10.8 Å². The second-order valence-corrected chi connectivity index (χ2v) is 5.16. The quantitative estimate of drug-likeness (QED) is 0.704. The van der Waals surface area contributed by atoms with Gasteiger partial charge in [0.15, 0.2) is 5.78 Å². The summed E-state index contributed by atoms with van der Waals surface area (Å²) in [5.74, 6) is 0.0429. The van der Waals surface area contributed by atoms with E-state index in [2.05, 4.69) is 10.3 Å². The van der Waals surface area contributed by atoms with Gasteiger partial charge in [0.05, 0.1) is 10.5 Å². The highest BCUT2D eigenvalue weighted by Crippen LogP contribution is 2.29. The molecule has 0 aliphatic rings. The van der Waals surface area contributed by atoms with Gasteiger partial charge in [0, 0.05) is 28.5 Å². The molecule has 0 aliphatic heterocycles. The summed E-state index contributed by atoms with van der Waals surface area (Å²) in [4.78, 5) is 15.8. The molecule has 0 unspecified atom stereocenters. The van der Waals surface area contributed by atoms with Crippen molar-refractivity contribution in [1.82, 2.24) is 4.98 Å². The molecule has 0 radical (unpaired) electrons. The van der Waals surface area contributed by atoms with Crippen LogP contribution in [0, 0.1) is 0 Å². The lowest BCUT2D eigenvalue weighted by Crippen LogP contribution is -1.96. The van der Waals surface area contributed by atoms with Crippen LogP contribution in [0.5, 0.6) is 0 Å². The molecule has 2 aromatic carbocycles. The predicted octanol–water partition coefficient (Wildman–Crippen LogP) is 4.83. The van der Waals surface area contributed by atoms with E-state index in [9.17, 15) is 4.79 Å². The lowest BCUT2D eigenvalue weighted by Gasteiger charge is -2.10. The van der Waals surface area contributed by atoms with Crippen molar-refractivity contribution in [3.63, 3.8) is 0 Å². The van der Waals surface area contributed by atoms with E-state index < -0.39 is 0 Å². The number of Topliss-reactive ketones (excluding diaryl/α,β-unsaturated/α-hetero) is 1. The van der Waals surface area contributed by atoms with E-state index in [1.54, 1.807) is 19.2 Å². The van der Waals surface area contributed by atoms with Crippen LogP contribution in [0.15, 0.2) is 54.7 Å². The second-order valence-electron chi connectivity index (χ2n) is 4.76. The van der Waals surface area contributed by atoms with Crippen LogP contribution in [0.2, 0.25) is 5.02 Å². The molecule has 0 bridgehead atoms. The van der Waals surface area contributed by atoms with E-state index in [1.165, 1.54) is 0 Å². The number of carbonyl (C=O) groups is 1. The first-order valence-corrected chi connectivity index (χ1v) is 6.94. The molecule has 104 valence electrons. The summed E-state index contributed by atoms with van der Waals surface area (Å²) in [5.41, 5.74) is 3.20. The number of nitrogens with one attached hydrogen (secondary N) is 1. The van der Waals surface area contributed by atoms with Gasteiger partial charge in [-0.3, -0.25) is 9.78 Å². The van der Waals surface area contributed by atoms with Gasteiger partial charge in [-0.2, -0.15) is 0 Å². The first-order valence-electron chi connectivity index (χ1n) is 6.56. The number of rotatable bonds is 3. The van der Waals surface area contributed by atoms with E-state index in [1.807, 2.05) is 42.5 Å². The normalized spacial score (nSPS) is 10.6. The van der Waals surface area contributed by atoms with Crippen molar-refractivity contribution in [2.24, 2.45) is 0 Å². The second kappa shape index (κ2) is 5.54. The molecule has 0 saturated heterocycles. The van der Waals surface area contributed by atoms with E-state index >= 15 is 0 Å². The number of aromatic nitrogens is 1. The van der Waals surface area contributed by atoms with Gasteiger partial charge in [-0.1, -0.05) is 35.9 Å². The first kappa shape index (κ1) is 13.6. The van der Waals surface area contributed by atoms with Gasteiger partial charge in [-0.25, -0.2) is 0 Å². The predicted molar refractivity (Wildman–Crippen MR) is 86.5 cm³/mol. The number of hydrogen-bond donors (Lipinski definition) is 1. The lowest BCUT2D eigenvalue weighted by atomic mass is 10.1. The van der Waals surface area contributed by atoms with Crippen LogP contribution in [0.4, 0.5) is 11.4 Å². The number of ketones is 1. The molecule has 0 spiro atoms. The van der Waals surface area contributed by atoms with Crippen LogP contribution in [-0.2, 0) is 0 Å². The van der Waals surface area contributed by atoms with E-state index in [0.29, 0.717) is 10.6 Å². The Morgan fingerprint density at radius 1 is 1.14 bits per heavy atom. The van der Waals surface area contributed by atoms with Gasteiger partial charge in [0.1, 0.15) is 0 Å². The summed E-state index contributed by atoms with van der Waals surface area (Å²) in [6.45, 7) is 1.56. The zero-order valence-electron chi connectivity index (χ0n) is 11.4. The number of halogens is 1. The number of carbonyl (C=O) groups excluding carboxylic acids is 1. The summed E-state index contributed by atoms with van der Waals surface area (Å²) >= 11 is 6.16. The summed E-state index contributed by atoms with van der Waals surface area (Å²) < 4.78 is 0. The highest BCUT2D eigenvalue weighted by Gasteiger charge is 2.06. The van der Waals surface area contributed by atoms with Gasteiger partial charge >= 0.3 is 0 Å². The average molecular weight is 297 g/mol. The van der Waals surface area contributed by atoms with Gasteiger partial charge in [-0.15, -0.1) is 0 Å². The van der Waals surface area contributed by atoms with Crippen molar-refractivity contribution in [3.05, 3.63) is 65.3 Å². The molecule has 1 N–H and O–H groups in total. The Labute approximate surface area is 127 Å². The standard InChI is InChI=1S/C17H13ClN2O/c1-11(21)12-4-2-5-13(10-12)20-16-8-9-19-17-14(16)6-3-7-15(17)18/h2-10H,1H3,(H,19,20). The number of pyridine rings is 1. The maximum Gasteiger partial charge on any atom is 0.159 e. The summed E-state index contributed by atoms with van der Waals surface area (Å²) in [7, 11) is 0. The van der Waals surface area contributed by atoms with E-state index in [-0.39, 0.29) is 5.78 Å². The smallest absolute Gasteiger partial charge is 0.159 e. The van der Waals surface area contributed by atoms with E-state index in [4.69, 9.17) is 11.6 Å². The molecule has 1 aromatic heterocycles. The minimum absolute atomic E-state index is 0.0429. The topological polar surface area (TPSA) is 42.0 Å². The fraction of sp³-hybridized carbons (Fsp3) is 0.0588. The largest absolute Gasteiger partial charge is 0.355 e. The van der Waals surface area contributed by atoms with Gasteiger partial charge < -0.3 is 5.32 Å². The molecule has 4 heteroatoms. The maximum atomic E-state index is 11.5. The van der Waals surface area contributed by atoms with Crippen LogP contribution in [0.25, 0.3) is 10.9 Å². The molecule has 0 atom stereocenters. The summed E-state index contributed by atoms with van der Waals surface area (Å²) in [5, 5.41) is 4.88. The molecule has 3 aromatic rings. The summed E-state index contributed by atoms with van der Waals surface area (Å²) in [6, 6.07) is 15.0. The Hall–Kier alpha value is -2.39. The number of hydrogen-bond acceptors (Lipinski definition) is 3.